The molecule has 100 valence electrons. The highest BCUT2D eigenvalue weighted by Gasteiger charge is 2.16. The molecule has 0 spiro atoms. The van der Waals surface area contributed by atoms with Crippen LogP contribution in [0, 0.1) is 21.4 Å². The SMILES string of the molecule is N#Cc1ccccc1NCc1c(Cl)cccc1[N+](=O)[O-]. The van der Waals surface area contributed by atoms with Crippen LogP contribution in [0.3, 0.4) is 0 Å². The Labute approximate surface area is 120 Å². The molecule has 0 fully saturated rings. The Kier molecular flexibility index (Phi) is 4.18. The number of benzene rings is 2. The molecule has 2 aromatic rings. The predicted octanol–water partition coefficient (Wildman–Crippen LogP) is 3.73. The molecule has 0 radical (unpaired) electrons. The summed E-state index contributed by atoms with van der Waals surface area (Å²) in [7, 11) is 0. The van der Waals surface area contributed by atoms with Crippen molar-refractivity contribution in [2.75, 3.05) is 5.32 Å². The van der Waals surface area contributed by atoms with Gasteiger partial charge in [-0.05, 0) is 18.2 Å². The smallest absolute Gasteiger partial charge is 0.275 e. The molecule has 5 nitrogen and oxygen atoms in total. The minimum absolute atomic E-state index is 0.0422. The van der Waals surface area contributed by atoms with Gasteiger partial charge in [-0.15, -0.1) is 0 Å². The first-order valence-electron chi connectivity index (χ1n) is 5.78. The molecule has 0 saturated heterocycles. The molecule has 0 aliphatic heterocycles. The van der Waals surface area contributed by atoms with Crippen LogP contribution in [0.15, 0.2) is 42.5 Å². The summed E-state index contributed by atoms with van der Waals surface area (Å²) >= 11 is 6.00. The van der Waals surface area contributed by atoms with Crippen molar-refractivity contribution in [3.63, 3.8) is 0 Å². The van der Waals surface area contributed by atoms with Crippen LogP contribution in [0.25, 0.3) is 0 Å². The number of anilines is 1. The Balaban J connectivity index is 2.28. The number of nitro groups is 1. The Morgan fingerprint density at radius 2 is 2.00 bits per heavy atom. The summed E-state index contributed by atoms with van der Waals surface area (Å²) in [5.41, 5.74) is 1.44. The van der Waals surface area contributed by atoms with E-state index in [0.717, 1.165) is 0 Å². The lowest BCUT2D eigenvalue weighted by atomic mass is 10.1. The first kappa shape index (κ1) is 13.8. The number of hydrogen-bond acceptors (Lipinski definition) is 4. The number of halogens is 1. The van der Waals surface area contributed by atoms with Crippen molar-refractivity contribution in [2.24, 2.45) is 0 Å². The van der Waals surface area contributed by atoms with Crippen molar-refractivity contribution in [3.8, 4) is 6.07 Å². The second kappa shape index (κ2) is 6.04. The van der Waals surface area contributed by atoms with Crippen LogP contribution in [-0.2, 0) is 6.54 Å². The second-order valence-electron chi connectivity index (χ2n) is 4.01. The average Bonchev–Trinajstić information content (AvgIpc) is 2.46. The Bertz CT molecular complexity index is 695. The summed E-state index contributed by atoms with van der Waals surface area (Å²) in [5.74, 6) is 0. The van der Waals surface area contributed by atoms with Gasteiger partial charge in [0, 0.05) is 12.6 Å². The van der Waals surface area contributed by atoms with Gasteiger partial charge in [0.05, 0.1) is 26.8 Å². The molecule has 1 N–H and O–H groups in total. The summed E-state index contributed by atoms with van der Waals surface area (Å²) in [6.45, 7) is 0.175. The van der Waals surface area contributed by atoms with Gasteiger partial charge in [0.1, 0.15) is 6.07 Å². The molecule has 0 aliphatic rings. The van der Waals surface area contributed by atoms with Gasteiger partial charge in [0.15, 0.2) is 0 Å². The number of para-hydroxylation sites is 1. The number of nitriles is 1. The summed E-state index contributed by atoms with van der Waals surface area (Å²) in [6.07, 6.45) is 0. The zero-order chi connectivity index (χ0) is 14.5. The van der Waals surface area contributed by atoms with E-state index in [4.69, 9.17) is 16.9 Å². The van der Waals surface area contributed by atoms with E-state index >= 15 is 0 Å². The maximum absolute atomic E-state index is 11.0. The van der Waals surface area contributed by atoms with Gasteiger partial charge in [-0.25, -0.2) is 0 Å². The third kappa shape index (κ3) is 2.87. The molecule has 0 atom stereocenters. The van der Waals surface area contributed by atoms with Crippen molar-refractivity contribution in [1.29, 1.82) is 5.26 Å². The topological polar surface area (TPSA) is 79.0 Å². The van der Waals surface area contributed by atoms with Gasteiger partial charge < -0.3 is 5.32 Å². The largest absolute Gasteiger partial charge is 0.380 e. The standard InChI is InChI=1S/C14H10ClN3O2/c15-12-5-3-7-14(18(19)20)11(12)9-17-13-6-2-1-4-10(13)8-16/h1-7,17H,9H2. The maximum atomic E-state index is 11.0. The molecule has 6 heteroatoms. The summed E-state index contributed by atoms with van der Waals surface area (Å²) < 4.78 is 0. The van der Waals surface area contributed by atoms with Gasteiger partial charge in [0.2, 0.25) is 0 Å². The third-order valence-electron chi connectivity index (χ3n) is 2.79. The van der Waals surface area contributed by atoms with Gasteiger partial charge in [-0.2, -0.15) is 5.26 Å². The average molecular weight is 288 g/mol. The van der Waals surface area contributed by atoms with Crippen molar-refractivity contribution in [1.82, 2.24) is 0 Å². The molecule has 20 heavy (non-hydrogen) atoms. The van der Waals surface area contributed by atoms with E-state index in [9.17, 15) is 10.1 Å². The molecular formula is C14H10ClN3O2. The summed E-state index contributed by atoms with van der Waals surface area (Å²) in [4.78, 5) is 10.5. The zero-order valence-electron chi connectivity index (χ0n) is 10.3. The maximum Gasteiger partial charge on any atom is 0.275 e. The fourth-order valence-corrected chi connectivity index (χ4v) is 2.05. The molecule has 0 unspecified atom stereocenters. The van der Waals surface area contributed by atoms with Crippen molar-refractivity contribution in [3.05, 3.63) is 68.7 Å². The molecule has 0 aliphatic carbocycles. The van der Waals surface area contributed by atoms with E-state index in [1.165, 1.54) is 12.1 Å². The van der Waals surface area contributed by atoms with Crippen LogP contribution in [0.5, 0.6) is 0 Å². The highest BCUT2D eigenvalue weighted by atomic mass is 35.5. The van der Waals surface area contributed by atoms with Crippen molar-refractivity contribution in [2.45, 2.75) is 6.54 Å². The summed E-state index contributed by atoms with van der Waals surface area (Å²) in [5, 5.41) is 23.3. The van der Waals surface area contributed by atoms with Crippen LogP contribution in [0.1, 0.15) is 11.1 Å². The first-order valence-corrected chi connectivity index (χ1v) is 6.16. The first-order chi connectivity index (χ1) is 9.63. The van der Waals surface area contributed by atoms with E-state index in [1.54, 1.807) is 30.3 Å². The molecule has 2 rings (SSSR count). The highest BCUT2D eigenvalue weighted by Crippen LogP contribution is 2.27. The molecular weight excluding hydrogens is 278 g/mol. The molecule has 0 saturated carbocycles. The highest BCUT2D eigenvalue weighted by molar-refractivity contribution is 6.31. The van der Waals surface area contributed by atoms with Crippen LogP contribution < -0.4 is 5.32 Å². The van der Waals surface area contributed by atoms with Crippen LogP contribution in [0.4, 0.5) is 11.4 Å². The Morgan fingerprint density at radius 1 is 1.25 bits per heavy atom. The molecule has 0 aromatic heterocycles. The fraction of sp³-hybridized carbons (Fsp3) is 0.0714. The Hall–Kier alpha value is -2.58. The summed E-state index contributed by atoms with van der Waals surface area (Å²) in [6, 6.07) is 13.5. The van der Waals surface area contributed by atoms with E-state index < -0.39 is 4.92 Å². The number of nitrogens with zero attached hydrogens (tertiary/aromatic N) is 2. The lowest BCUT2D eigenvalue weighted by Crippen LogP contribution is -2.05. The van der Waals surface area contributed by atoms with Gasteiger partial charge >= 0.3 is 0 Å². The number of nitro benzene ring substituents is 1. The molecule has 2 aromatic carbocycles. The minimum Gasteiger partial charge on any atom is -0.380 e. The predicted molar refractivity (Wildman–Crippen MR) is 76.6 cm³/mol. The van der Waals surface area contributed by atoms with Gasteiger partial charge in [-0.1, -0.05) is 29.8 Å². The molecule has 0 bridgehead atoms. The lowest BCUT2D eigenvalue weighted by Gasteiger charge is -2.09. The third-order valence-corrected chi connectivity index (χ3v) is 3.15. The van der Waals surface area contributed by atoms with Crippen molar-refractivity contribution < 1.29 is 4.92 Å². The second-order valence-corrected chi connectivity index (χ2v) is 4.41. The Morgan fingerprint density at radius 3 is 2.70 bits per heavy atom. The van der Waals surface area contributed by atoms with E-state index in [0.29, 0.717) is 21.8 Å². The normalized spacial score (nSPS) is 9.80. The quantitative estimate of drug-likeness (QED) is 0.686. The number of nitrogens with one attached hydrogen (secondary N) is 1. The fourth-order valence-electron chi connectivity index (χ4n) is 1.81. The van der Waals surface area contributed by atoms with Gasteiger partial charge in [-0.3, -0.25) is 10.1 Å². The van der Waals surface area contributed by atoms with E-state index in [2.05, 4.69) is 11.4 Å². The molecule has 0 amide bonds. The number of hydrogen-bond donors (Lipinski definition) is 1. The van der Waals surface area contributed by atoms with E-state index in [-0.39, 0.29) is 12.2 Å². The lowest BCUT2D eigenvalue weighted by molar-refractivity contribution is -0.385. The number of rotatable bonds is 4. The minimum atomic E-state index is -0.473. The molecule has 0 heterocycles. The van der Waals surface area contributed by atoms with Gasteiger partial charge in [0.25, 0.3) is 5.69 Å². The van der Waals surface area contributed by atoms with Crippen LogP contribution in [-0.4, -0.2) is 4.92 Å². The zero-order valence-corrected chi connectivity index (χ0v) is 11.1. The van der Waals surface area contributed by atoms with Crippen molar-refractivity contribution >= 4 is 23.0 Å². The van der Waals surface area contributed by atoms with Crippen LogP contribution >= 0.6 is 11.6 Å². The van der Waals surface area contributed by atoms with E-state index in [1.807, 2.05) is 0 Å². The monoisotopic (exact) mass is 287 g/mol. The van der Waals surface area contributed by atoms with Crippen LogP contribution in [0.2, 0.25) is 5.02 Å².